The molecule has 1 saturated heterocycles. The van der Waals surface area contributed by atoms with Crippen LogP contribution in [0.1, 0.15) is 30.0 Å². The summed E-state index contributed by atoms with van der Waals surface area (Å²) in [6, 6.07) is 9.09. The van der Waals surface area contributed by atoms with Crippen molar-refractivity contribution in [1.82, 2.24) is 19.4 Å². The second-order valence-electron chi connectivity index (χ2n) is 7.09. The van der Waals surface area contributed by atoms with E-state index < -0.39 is 11.2 Å². The average Bonchev–Trinajstić information content (AvgIpc) is 3.12. The topological polar surface area (TPSA) is 93.4 Å². The van der Waals surface area contributed by atoms with E-state index in [9.17, 15) is 19.2 Å². The quantitative estimate of drug-likeness (QED) is 0.723. The van der Waals surface area contributed by atoms with Gasteiger partial charge in [0.1, 0.15) is 0 Å². The van der Waals surface area contributed by atoms with Gasteiger partial charge in [-0.3, -0.25) is 19.0 Å². The first-order valence-electron chi connectivity index (χ1n) is 9.45. The highest BCUT2D eigenvalue weighted by molar-refractivity contribution is 5.92. The fraction of sp³-hybridized carbons (Fsp3) is 0.333. The van der Waals surface area contributed by atoms with E-state index in [1.165, 1.54) is 37.0 Å². The van der Waals surface area contributed by atoms with Gasteiger partial charge in [-0.15, -0.1) is 0 Å². The van der Waals surface area contributed by atoms with Crippen LogP contribution in [0.4, 0.5) is 0 Å². The lowest BCUT2D eigenvalue weighted by molar-refractivity contribution is -0.128. The predicted octanol–water partition coefficient (Wildman–Crippen LogP) is 0.577. The Morgan fingerprint density at radius 2 is 1.90 bits per heavy atom. The predicted molar refractivity (Wildman–Crippen MR) is 109 cm³/mol. The molecule has 1 N–H and O–H groups in total. The molecule has 2 amide bonds. The van der Waals surface area contributed by atoms with Crippen molar-refractivity contribution in [1.29, 1.82) is 0 Å². The molecule has 1 unspecified atom stereocenters. The Labute approximate surface area is 168 Å². The van der Waals surface area contributed by atoms with E-state index in [0.717, 1.165) is 16.6 Å². The lowest BCUT2D eigenvalue weighted by Crippen LogP contribution is -2.38. The van der Waals surface area contributed by atoms with E-state index in [0.29, 0.717) is 19.5 Å². The zero-order valence-electron chi connectivity index (χ0n) is 16.5. The number of aromatic nitrogens is 2. The third-order valence-corrected chi connectivity index (χ3v) is 4.98. The van der Waals surface area contributed by atoms with Crippen LogP contribution in [-0.2, 0) is 23.7 Å². The monoisotopic (exact) mass is 396 g/mol. The molecule has 1 aromatic heterocycles. The molecule has 8 heteroatoms. The minimum absolute atomic E-state index is 0.0874. The molecular formula is C21H24N4O4. The van der Waals surface area contributed by atoms with Gasteiger partial charge in [-0.2, -0.15) is 0 Å². The van der Waals surface area contributed by atoms with Crippen molar-refractivity contribution in [2.45, 2.75) is 18.9 Å². The summed E-state index contributed by atoms with van der Waals surface area (Å²) in [6.45, 7) is 1.08. The number of nitrogens with one attached hydrogen (secondary N) is 1. The Balaban J connectivity index is 1.78. The van der Waals surface area contributed by atoms with Gasteiger partial charge in [0.25, 0.3) is 5.56 Å². The molecule has 0 radical (unpaired) electrons. The number of hydrogen-bond acceptors (Lipinski definition) is 4. The number of carbonyl (C=O) groups excluding carboxylic acids is 2. The number of likely N-dealkylation sites (tertiary alicyclic amines) is 1. The highest BCUT2D eigenvalue weighted by Crippen LogP contribution is 2.18. The fourth-order valence-electron chi connectivity index (χ4n) is 3.37. The van der Waals surface area contributed by atoms with Gasteiger partial charge in [-0.1, -0.05) is 30.3 Å². The molecule has 8 nitrogen and oxygen atoms in total. The molecule has 1 atom stereocenters. The van der Waals surface area contributed by atoms with Crippen LogP contribution in [0, 0.1) is 0 Å². The summed E-state index contributed by atoms with van der Waals surface area (Å²) in [7, 11) is 2.93. The summed E-state index contributed by atoms with van der Waals surface area (Å²) in [4.78, 5) is 50.2. The van der Waals surface area contributed by atoms with Gasteiger partial charge >= 0.3 is 5.69 Å². The molecule has 1 aliphatic heterocycles. The van der Waals surface area contributed by atoms with Gasteiger partial charge in [-0.05, 0) is 18.1 Å². The second-order valence-corrected chi connectivity index (χ2v) is 7.09. The first kappa shape index (κ1) is 20.3. The normalized spacial score (nSPS) is 15.1. The molecule has 1 aromatic carbocycles. The largest absolute Gasteiger partial charge is 0.344 e. The zero-order valence-corrected chi connectivity index (χ0v) is 16.5. The van der Waals surface area contributed by atoms with E-state index in [4.69, 9.17) is 0 Å². The second kappa shape index (κ2) is 8.72. The maximum absolute atomic E-state index is 12.5. The van der Waals surface area contributed by atoms with Crippen LogP contribution in [0.3, 0.4) is 0 Å². The zero-order chi connectivity index (χ0) is 21.0. The van der Waals surface area contributed by atoms with E-state index >= 15 is 0 Å². The fourth-order valence-corrected chi connectivity index (χ4v) is 3.37. The van der Waals surface area contributed by atoms with Gasteiger partial charge in [0.05, 0.1) is 11.6 Å². The smallest absolute Gasteiger partial charge is 0.330 e. The van der Waals surface area contributed by atoms with Crippen molar-refractivity contribution >= 4 is 17.9 Å². The third kappa shape index (κ3) is 4.71. The molecule has 2 heterocycles. The van der Waals surface area contributed by atoms with E-state index in [1.54, 1.807) is 4.90 Å². The van der Waals surface area contributed by atoms with Crippen molar-refractivity contribution in [3.05, 3.63) is 74.6 Å². The standard InChI is InChI=1S/C21H24N4O4/c1-23-13-16(20(28)24(2)21(23)29)10-11-18(26)22-17(15-7-4-3-5-8-15)14-25-12-6-9-19(25)27/h3-5,7-8,10-11,13,17H,6,9,12,14H2,1-2H3,(H,22,26). The molecule has 0 saturated carbocycles. The highest BCUT2D eigenvalue weighted by atomic mass is 16.2. The van der Waals surface area contributed by atoms with Crippen molar-refractivity contribution in [3.8, 4) is 0 Å². The Bertz CT molecular complexity index is 1050. The molecule has 0 spiro atoms. The Hall–Kier alpha value is -3.42. The minimum Gasteiger partial charge on any atom is -0.344 e. The lowest BCUT2D eigenvalue weighted by atomic mass is 10.1. The molecule has 1 fully saturated rings. The van der Waals surface area contributed by atoms with Crippen LogP contribution in [0.25, 0.3) is 6.08 Å². The summed E-state index contributed by atoms with van der Waals surface area (Å²) >= 11 is 0. The van der Waals surface area contributed by atoms with Crippen molar-refractivity contribution in [2.24, 2.45) is 14.1 Å². The summed E-state index contributed by atoms with van der Waals surface area (Å²) in [6.07, 6.45) is 5.41. The number of nitrogens with zero attached hydrogens (tertiary/aromatic N) is 3. The van der Waals surface area contributed by atoms with Crippen LogP contribution < -0.4 is 16.6 Å². The van der Waals surface area contributed by atoms with Crippen molar-refractivity contribution in [2.75, 3.05) is 13.1 Å². The number of rotatable bonds is 6. The van der Waals surface area contributed by atoms with E-state index in [2.05, 4.69) is 5.32 Å². The van der Waals surface area contributed by atoms with Crippen LogP contribution in [0.2, 0.25) is 0 Å². The third-order valence-electron chi connectivity index (χ3n) is 4.98. The van der Waals surface area contributed by atoms with Gasteiger partial charge in [0.15, 0.2) is 0 Å². The molecule has 1 aliphatic rings. The van der Waals surface area contributed by atoms with Gasteiger partial charge in [0.2, 0.25) is 11.8 Å². The Morgan fingerprint density at radius 1 is 1.17 bits per heavy atom. The molecule has 2 aromatic rings. The lowest BCUT2D eigenvalue weighted by Gasteiger charge is -2.24. The van der Waals surface area contributed by atoms with Gasteiger partial charge in [-0.25, -0.2) is 4.79 Å². The Morgan fingerprint density at radius 3 is 2.55 bits per heavy atom. The van der Waals surface area contributed by atoms with Crippen LogP contribution in [0.15, 0.2) is 52.2 Å². The number of hydrogen-bond donors (Lipinski definition) is 1. The first-order valence-corrected chi connectivity index (χ1v) is 9.45. The molecule has 0 aliphatic carbocycles. The van der Waals surface area contributed by atoms with E-state index in [1.807, 2.05) is 30.3 Å². The molecule has 152 valence electrons. The summed E-state index contributed by atoms with van der Waals surface area (Å²) in [5.41, 5.74) is 0.221. The van der Waals surface area contributed by atoms with Crippen molar-refractivity contribution < 1.29 is 9.59 Å². The minimum atomic E-state index is -0.473. The first-order chi connectivity index (χ1) is 13.9. The van der Waals surface area contributed by atoms with Crippen LogP contribution in [0.5, 0.6) is 0 Å². The molecule has 29 heavy (non-hydrogen) atoms. The molecule has 0 bridgehead atoms. The summed E-state index contributed by atoms with van der Waals surface area (Å²) < 4.78 is 2.27. The summed E-state index contributed by atoms with van der Waals surface area (Å²) in [5.74, 6) is -0.300. The van der Waals surface area contributed by atoms with Crippen LogP contribution in [-0.4, -0.2) is 38.9 Å². The molecular weight excluding hydrogens is 372 g/mol. The van der Waals surface area contributed by atoms with Gasteiger partial charge < -0.3 is 14.8 Å². The van der Waals surface area contributed by atoms with Crippen LogP contribution >= 0.6 is 0 Å². The number of benzene rings is 1. The highest BCUT2D eigenvalue weighted by Gasteiger charge is 2.24. The van der Waals surface area contributed by atoms with Crippen molar-refractivity contribution in [3.63, 3.8) is 0 Å². The number of carbonyl (C=O) groups is 2. The average molecular weight is 396 g/mol. The Kier molecular flexibility index (Phi) is 6.11. The summed E-state index contributed by atoms with van der Waals surface area (Å²) in [5, 5.41) is 2.91. The van der Waals surface area contributed by atoms with E-state index in [-0.39, 0.29) is 23.4 Å². The SMILES string of the molecule is Cn1cc(C=CC(=O)NC(CN2CCCC2=O)c2ccccc2)c(=O)n(C)c1=O. The number of amides is 2. The van der Waals surface area contributed by atoms with Gasteiger partial charge in [0, 0.05) is 45.9 Å². The maximum atomic E-state index is 12.5. The number of aryl methyl sites for hydroxylation is 1. The molecule has 3 rings (SSSR count). The maximum Gasteiger partial charge on any atom is 0.330 e.